The van der Waals surface area contributed by atoms with Crippen molar-refractivity contribution in [2.75, 3.05) is 17.4 Å². The maximum atomic E-state index is 13.4. The first-order chi connectivity index (χ1) is 17.6. The molecule has 4 rings (SSSR count). The van der Waals surface area contributed by atoms with Crippen molar-refractivity contribution in [3.05, 3.63) is 71.2 Å². The molecule has 7 nitrogen and oxygen atoms in total. The molecule has 1 atom stereocenters. The second kappa shape index (κ2) is 11.1. The first kappa shape index (κ1) is 26.9. The zero-order valence-corrected chi connectivity index (χ0v) is 22.8. The van der Waals surface area contributed by atoms with E-state index in [9.17, 15) is 18.0 Å². The van der Waals surface area contributed by atoms with Gasteiger partial charge in [-0.15, -0.1) is 0 Å². The number of hydrogen-bond acceptors (Lipinski definition) is 4. The van der Waals surface area contributed by atoms with Crippen molar-refractivity contribution < 1.29 is 18.0 Å². The van der Waals surface area contributed by atoms with E-state index < -0.39 is 16.1 Å². The lowest BCUT2D eigenvalue weighted by Gasteiger charge is -2.29. The fourth-order valence-corrected chi connectivity index (χ4v) is 6.55. The Morgan fingerprint density at radius 1 is 1.03 bits per heavy atom. The number of sulfonamides is 1. The monoisotopic (exact) mass is 541 g/mol. The summed E-state index contributed by atoms with van der Waals surface area (Å²) in [5.41, 5.74) is 1.45. The molecule has 0 aromatic heterocycles. The van der Waals surface area contributed by atoms with Crippen LogP contribution >= 0.6 is 11.6 Å². The maximum absolute atomic E-state index is 13.4. The number of nitrogens with one attached hydrogen (secondary N) is 1. The lowest BCUT2D eigenvalue weighted by molar-refractivity contribution is -0.140. The van der Waals surface area contributed by atoms with Crippen molar-refractivity contribution in [3.8, 4) is 0 Å². The molecule has 9 heteroatoms. The highest BCUT2D eigenvalue weighted by Crippen LogP contribution is 2.42. The van der Waals surface area contributed by atoms with E-state index in [4.69, 9.17) is 11.6 Å². The Bertz CT molecular complexity index is 1420. The largest absolute Gasteiger partial charge is 0.354 e. The van der Waals surface area contributed by atoms with Gasteiger partial charge in [0, 0.05) is 36.5 Å². The summed E-state index contributed by atoms with van der Waals surface area (Å²) < 4.78 is 27.9. The van der Waals surface area contributed by atoms with E-state index in [-0.39, 0.29) is 37.2 Å². The maximum Gasteiger partial charge on any atom is 0.265 e. The fourth-order valence-electron chi connectivity index (χ4n) is 4.58. The van der Waals surface area contributed by atoms with Crippen LogP contribution in [0.25, 0.3) is 10.8 Å². The van der Waals surface area contributed by atoms with Gasteiger partial charge in [0.05, 0.1) is 10.6 Å². The number of anilines is 1. The Hall–Kier alpha value is -3.10. The van der Waals surface area contributed by atoms with Crippen LogP contribution in [0.4, 0.5) is 5.69 Å². The quantitative estimate of drug-likeness (QED) is 0.392. The summed E-state index contributed by atoms with van der Waals surface area (Å²) >= 11 is 6.14. The number of amides is 2. The minimum absolute atomic E-state index is 0.0979. The Morgan fingerprint density at radius 3 is 2.43 bits per heavy atom. The van der Waals surface area contributed by atoms with Crippen molar-refractivity contribution in [1.82, 2.24) is 10.2 Å². The molecule has 0 saturated carbocycles. The van der Waals surface area contributed by atoms with Crippen LogP contribution in [0.3, 0.4) is 0 Å². The van der Waals surface area contributed by atoms with Gasteiger partial charge in [-0.1, -0.05) is 61.8 Å². The van der Waals surface area contributed by atoms with Gasteiger partial charge < -0.3 is 10.2 Å². The molecule has 1 heterocycles. The Labute approximate surface area is 223 Å². The van der Waals surface area contributed by atoms with E-state index in [0.29, 0.717) is 34.0 Å². The predicted molar refractivity (Wildman–Crippen MR) is 147 cm³/mol. The van der Waals surface area contributed by atoms with Crippen LogP contribution in [0.15, 0.2) is 65.6 Å². The van der Waals surface area contributed by atoms with E-state index in [1.807, 2.05) is 38.1 Å². The summed E-state index contributed by atoms with van der Waals surface area (Å²) in [6.07, 6.45) is 0.412. The van der Waals surface area contributed by atoms with Crippen LogP contribution < -0.4 is 9.62 Å². The average molecular weight is 542 g/mol. The van der Waals surface area contributed by atoms with Crippen LogP contribution in [0.1, 0.15) is 39.2 Å². The number of carbonyl (C=O) groups is 2. The Kier molecular flexibility index (Phi) is 8.09. The van der Waals surface area contributed by atoms with E-state index in [1.54, 1.807) is 43.3 Å². The number of nitrogens with zero attached hydrogens (tertiary/aromatic N) is 2. The van der Waals surface area contributed by atoms with Gasteiger partial charge in [-0.3, -0.25) is 13.9 Å². The molecular formula is C28H32ClN3O4S. The first-order valence-corrected chi connectivity index (χ1v) is 14.3. The van der Waals surface area contributed by atoms with Crippen LogP contribution in [-0.2, 0) is 26.2 Å². The Morgan fingerprint density at radius 2 is 1.73 bits per heavy atom. The lowest BCUT2D eigenvalue weighted by Crippen LogP contribution is -2.48. The number of rotatable bonds is 10. The zero-order chi connectivity index (χ0) is 26.7. The molecule has 0 saturated heterocycles. The summed E-state index contributed by atoms with van der Waals surface area (Å²) in [5.74, 6) is -0.169. The van der Waals surface area contributed by atoms with Crippen LogP contribution in [0, 0.1) is 5.92 Å². The third kappa shape index (κ3) is 5.75. The molecule has 1 aliphatic heterocycles. The topological polar surface area (TPSA) is 86.8 Å². The molecule has 3 aromatic carbocycles. The minimum atomic E-state index is -3.69. The SMILES string of the molecule is CC(C)CNC(=O)C(C)N(Cc1cccc(Cl)c1)C(=O)CCCN1c2cccc3cccc(c23)S1(=O)=O. The molecule has 3 aromatic rings. The van der Waals surface area contributed by atoms with Crippen molar-refractivity contribution in [2.24, 2.45) is 5.92 Å². The van der Waals surface area contributed by atoms with Gasteiger partial charge in [0.15, 0.2) is 0 Å². The normalized spacial score (nSPS) is 14.7. The molecule has 2 amide bonds. The smallest absolute Gasteiger partial charge is 0.265 e. The molecule has 37 heavy (non-hydrogen) atoms. The van der Waals surface area contributed by atoms with Gasteiger partial charge in [0.2, 0.25) is 11.8 Å². The van der Waals surface area contributed by atoms with E-state index >= 15 is 0 Å². The number of carbonyl (C=O) groups excluding carboxylic acids is 2. The number of halogens is 1. The summed E-state index contributed by atoms with van der Waals surface area (Å²) in [5, 5.41) is 5.04. The molecule has 1 N–H and O–H groups in total. The first-order valence-electron chi connectivity index (χ1n) is 12.5. The second-order valence-corrected chi connectivity index (χ2v) is 12.0. The molecule has 196 valence electrons. The zero-order valence-electron chi connectivity index (χ0n) is 21.3. The summed E-state index contributed by atoms with van der Waals surface area (Å²) in [7, 11) is -3.69. The summed E-state index contributed by atoms with van der Waals surface area (Å²) in [4.78, 5) is 28.1. The van der Waals surface area contributed by atoms with Gasteiger partial charge in [-0.05, 0) is 54.5 Å². The van der Waals surface area contributed by atoms with E-state index in [0.717, 1.165) is 10.9 Å². The molecule has 0 fully saturated rings. The molecule has 0 radical (unpaired) electrons. The van der Waals surface area contributed by atoms with Crippen LogP contribution in [-0.4, -0.2) is 44.3 Å². The third-order valence-corrected chi connectivity index (χ3v) is 8.62. The van der Waals surface area contributed by atoms with Crippen molar-refractivity contribution in [3.63, 3.8) is 0 Å². The molecule has 0 aliphatic carbocycles. The molecule has 0 spiro atoms. The highest BCUT2D eigenvalue weighted by molar-refractivity contribution is 7.93. The van der Waals surface area contributed by atoms with E-state index in [1.165, 1.54) is 9.21 Å². The Balaban J connectivity index is 1.49. The standard InChI is InChI=1S/C28H32ClN3O4S/c1-19(2)17-30-28(34)20(3)31(18-21-8-4-11-23(29)16-21)26(33)14-7-15-32-24-12-5-9-22-10-6-13-25(27(22)24)37(32,35)36/h4-6,8-13,16,19-20H,7,14-15,17-18H2,1-3H3,(H,30,34). The highest BCUT2D eigenvalue weighted by atomic mass is 35.5. The van der Waals surface area contributed by atoms with Crippen molar-refractivity contribution in [1.29, 1.82) is 0 Å². The molecule has 1 unspecified atom stereocenters. The molecule has 0 bridgehead atoms. The highest BCUT2D eigenvalue weighted by Gasteiger charge is 2.35. The van der Waals surface area contributed by atoms with Gasteiger partial charge in [-0.25, -0.2) is 8.42 Å². The molecule has 1 aliphatic rings. The predicted octanol–water partition coefficient (Wildman–Crippen LogP) is 4.97. The lowest BCUT2D eigenvalue weighted by atomic mass is 10.1. The van der Waals surface area contributed by atoms with Gasteiger partial charge in [0.1, 0.15) is 6.04 Å². The summed E-state index contributed by atoms with van der Waals surface area (Å²) in [6.45, 7) is 6.63. The second-order valence-electron chi connectivity index (χ2n) is 9.78. The van der Waals surface area contributed by atoms with Crippen LogP contribution in [0.5, 0.6) is 0 Å². The van der Waals surface area contributed by atoms with Gasteiger partial charge in [0.25, 0.3) is 10.0 Å². The summed E-state index contributed by atoms with van der Waals surface area (Å²) in [6, 6.07) is 17.3. The fraction of sp³-hybridized carbons (Fsp3) is 0.357. The van der Waals surface area contributed by atoms with E-state index in [2.05, 4.69) is 5.32 Å². The average Bonchev–Trinajstić information content (AvgIpc) is 3.08. The van der Waals surface area contributed by atoms with Gasteiger partial charge >= 0.3 is 0 Å². The minimum Gasteiger partial charge on any atom is -0.354 e. The van der Waals surface area contributed by atoms with Crippen molar-refractivity contribution in [2.45, 2.75) is 51.1 Å². The molecular weight excluding hydrogens is 510 g/mol. The third-order valence-electron chi connectivity index (χ3n) is 6.53. The van der Waals surface area contributed by atoms with Crippen molar-refractivity contribution >= 4 is 49.9 Å². The van der Waals surface area contributed by atoms with Gasteiger partial charge in [-0.2, -0.15) is 0 Å². The van der Waals surface area contributed by atoms with Crippen LogP contribution in [0.2, 0.25) is 5.02 Å². The number of benzene rings is 3. The number of hydrogen-bond donors (Lipinski definition) is 1.